The Bertz CT molecular complexity index is 861. The maximum absolute atomic E-state index is 11.6. The average Bonchev–Trinajstić information content (AvgIpc) is 2.72. The highest BCUT2D eigenvalue weighted by molar-refractivity contribution is 5.89. The van der Waals surface area contributed by atoms with Crippen LogP contribution in [0.25, 0.3) is 0 Å². The van der Waals surface area contributed by atoms with Gasteiger partial charge in [0.1, 0.15) is 12.4 Å². The second kappa shape index (κ2) is 9.41. The van der Waals surface area contributed by atoms with E-state index >= 15 is 0 Å². The van der Waals surface area contributed by atoms with Gasteiger partial charge >= 0.3 is 0 Å². The number of nitrogens with one attached hydrogen (secondary N) is 1. The molecule has 1 amide bonds. The molecule has 0 radical (unpaired) electrons. The predicted molar refractivity (Wildman–Crippen MR) is 108 cm³/mol. The second-order valence-electron chi connectivity index (χ2n) is 6.69. The summed E-state index contributed by atoms with van der Waals surface area (Å²) in [4.78, 5) is 11.6. The predicted octanol–water partition coefficient (Wildman–Crippen LogP) is 3.73. The number of benzene rings is 2. The summed E-state index contributed by atoms with van der Waals surface area (Å²) in [5.41, 5.74) is 2.15. The summed E-state index contributed by atoms with van der Waals surface area (Å²) in [5.74, 6) is 6.61. The van der Waals surface area contributed by atoms with Crippen LogP contribution in [-0.4, -0.2) is 32.8 Å². The fourth-order valence-electron chi connectivity index (χ4n) is 3.31. The number of hydrogen-bond acceptors (Lipinski definition) is 4. The van der Waals surface area contributed by atoms with Crippen molar-refractivity contribution >= 4 is 11.6 Å². The number of amides is 1. The van der Waals surface area contributed by atoms with Crippen LogP contribution in [0.3, 0.4) is 0 Å². The molecule has 1 aliphatic rings. The molecule has 0 aliphatic carbocycles. The number of methoxy groups -OCH3 is 1. The van der Waals surface area contributed by atoms with E-state index in [2.05, 4.69) is 17.2 Å². The SMILES string of the molecule is COC1(c2cc(NC(C)=O)cc(OCC#Cc3ccccc3)c2)CCOCC1. The summed E-state index contributed by atoms with van der Waals surface area (Å²) in [6.45, 7) is 3.01. The van der Waals surface area contributed by atoms with Gasteiger partial charge in [-0.2, -0.15) is 0 Å². The summed E-state index contributed by atoms with van der Waals surface area (Å²) in [5, 5.41) is 2.84. The lowest BCUT2D eigenvalue weighted by Gasteiger charge is -2.36. The molecule has 0 aromatic heterocycles. The first-order valence-electron chi connectivity index (χ1n) is 9.34. The Kier molecular flexibility index (Phi) is 6.70. The van der Waals surface area contributed by atoms with E-state index in [-0.39, 0.29) is 12.5 Å². The Labute approximate surface area is 166 Å². The average molecular weight is 379 g/mol. The zero-order valence-corrected chi connectivity index (χ0v) is 16.3. The van der Waals surface area contributed by atoms with Crippen LogP contribution in [0.5, 0.6) is 5.75 Å². The van der Waals surface area contributed by atoms with Gasteiger partial charge in [-0.05, 0) is 29.8 Å². The molecule has 1 N–H and O–H groups in total. The molecule has 1 saturated heterocycles. The van der Waals surface area contributed by atoms with Gasteiger partial charge in [0.25, 0.3) is 0 Å². The van der Waals surface area contributed by atoms with E-state index in [4.69, 9.17) is 14.2 Å². The summed E-state index contributed by atoms with van der Waals surface area (Å²) < 4.78 is 17.2. The molecule has 1 aliphatic heterocycles. The normalized spacial score (nSPS) is 15.2. The zero-order chi connectivity index (χ0) is 19.8. The maximum Gasteiger partial charge on any atom is 0.221 e. The summed E-state index contributed by atoms with van der Waals surface area (Å²) in [6, 6.07) is 15.5. The monoisotopic (exact) mass is 379 g/mol. The molecule has 0 spiro atoms. The van der Waals surface area contributed by atoms with Crippen LogP contribution in [0, 0.1) is 11.8 Å². The summed E-state index contributed by atoms with van der Waals surface area (Å²) >= 11 is 0. The molecule has 1 fully saturated rings. The third-order valence-corrected chi connectivity index (χ3v) is 4.76. The summed E-state index contributed by atoms with van der Waals surface area (Å²) in [7, 11) is 1.71. The van der Waals surface area contributed by atoms with Crippen molar-refractivity contribution in [2.75, 3.05) is 32.2 Å². The molecular weight excluding hydrogens is 354 g/mol. The number of hydrogen-bond donors (Lipinski definition) is 1. The number of carbonyl (C=O) groups excluding carboxylic acids is 1. The molecule has 0 unspecified atom stereocenters. The standard InChI is InChI=1S/C23H25NO4/c1-18(25)24-21-15-20(23(26-2)10-13-27-14-11-23)16-22(17-21)28-12-6-9-19-7-4-3-5-8-19/h3-5,7-8,15-17H,10-14H2,1-2H3,(H,24,25). The molecule has 28 heavy (non-hydrogen) atoms. The minimum atomic E-state index is -0.444. The highest BCUT2D eigenvalue weighted by Gasteiger charge is 2.35. The van der Waals surface area contributed by atoms with Crippen LogP contribution in [0.1, 0.15) is 30.9 Å². The van der Waals surface area contributed by atoms with Crippen molar-refractivity contribution in [2.24, 2.45) is 0 Å². The van der Waals surface area contributed by atoms with Crippen LogP contribution >= 0.6 is 0 Å². The van der Waals surface area contributed by atoms with E-state index in [0.717, 1.165) is 24.0 Å². The molecule has 3 rings (SSSR count). The molecule has 2 aromatic carbocycles. The van der Waals surface area contributed by atoms with Gasteiger partial charge in [0.05, 0.1) is 5.60 Å². The zero-order valence-electron chi connectivity index (χ0n) is 16.3. The van der Waals surface area contributed by atoms with Crippen LogP contribution in [0.15, 0.2) is 48.5 Å². The fourth-order valence-corrected chi connectivity index (χ4v) is 3.31. The van der Waals surface area contributed by atoms with Crippen LogP contribution in [0.2, 0.25) is 0 Å². The van der Waals surface area contributed by atoms with Crippen molar-refractivity contribution in [2.45, 2.75) is 25.4 Å². The molecule has 2 aromatic rings. The second-order valence-corrected chi connectivity index (χ2v) is 6.69. The minimum Gasteiger partial charge on any atom is -0.481 e. The molecule has 0 bridgehead atoms. The molecule has 1 heterocycles. The Morgan fingerprint density at radius 1 is 1.18 bits per heavy atom. The smallest absolute Gasteiger partial charge is 0.221 e. The van der Waals surface area contributed by atoms with Gasteiger partial charge in [-0.3, -0.25) is 4.79 Å². The van der Waals surface area contributed by atoms with Crippen LogP contribution < -0.4 is 10.1 Å². The topological polar surface area (TPSA) is 56.8 Å². The molecule has 146 valence electrons. The lowest BCUT2D eigenvalue weighted by atomic mass is 9.85. The van der Waals surface area contributed by atoms with Crippen molar-refractivity contribution in [3.05, 3.63) is 59.7 Å². The van der Waals surface area contributed by atoms with E-state index in [1.54, 1.807) is 13.2 Å². The Morgan fingerprint density at radius 2 is 1.93 bits per heavy atom. The first-order chi connectivity index (χ1) is 13.6. The third-order valence-electron chi connectivity index (χ3n) is 4.76. The molecule has 5 heteroatoms. The van der Waals surface area contributed by atoms with Gasteiger partial charge < -0.3 is 19.5 Å². The quantitative estimate of drug-likeness (QED) is 0.805. The van der Waals surface area contributed by atoms with Gasteiger partial charge in [-0.25, -0.2) is 0 Å². The van der Waals surface area contributed by atoms with E-state index in [1.165, 1.54) is 6.92 Å². The number of carbonyl (C=O) groups is 1. The first-order valence-corrected chi connectivity index (χ1v) is 9.34. The lowest BCUT2D eigenvalue weighted by molar-refractivity contribution is -0.114. The molecular formula is C23H25NO4. The Balaban J connectivity index is 1.81. The van der Waals surface area contributed by atoms with Gasteiger partial charge in [0, 0.05) is 57.4 Å². The van der Waals surface area contributed by atoms with E-state index in [9.17, 15) is 4.79 Å². The fraction of sp³-hybridized carbons (Fsp3) is 0.348. The number of anilines is 1. The van der Waals surface area contributed by atoms with Crippen molar-refractivity contribution < 1.29 is 19.0 Å². The van der Waals surface area contributed by atoms with Crippen molar-refractivity contribution in [1.29, 1.82) is 0 Å². The lowest BCUT2D eigenvalue weighted by Crippen LogP contribution is -2.35. The highest BCUT2D eigenvalue weighted by atomic mass is 16.5. The summed E-state index contributed by atoms with van der Waals surface area (Å²) in [6.07, 6.45) is 1.50. The van der Waals surface area contributed by atoms with Crippen molar-refractivity contribution in [3.63, 3.8) is 0 Å². The van der Waals surface area contributed by atoms with Gasteiger partial charge in [-0.1, -0.05) is 30.0 Å². The highest BCUT2D eigenvalue weighted by Crippen LogP contribution is 2.38. The van der Waals surface area contributed by atoms with Gasteiger partial charge in [-0.15, -0.1) is 0 Å². The maximum atomic E-state index is 11.6. The largest absolute Gasteiger partial charge is 0.481 e. The number of ether oxygens (including phenoxy) is 3. The van der Waals surface area contributed by atoms with E-state index in [0.29, 0.717) is 24.7 Å². The van der Waals surface area contributed by atoms with E-state index < -0.39 is 5.60 Å². The molecule has 0 saturated carbocycles. The van der Waals surface area contributed by atoms with Gasteiger partial charge in [0.15, 0.2) is 0 Å². The molecule has 5 nitrogen and oxygen atoms in total. The van der Waals surface area contributed by atoms with Crippen LogP contribution in [0.4, 0.5) is 5.69 Å². The molecule has 0 atom stereocenters. The Morgan fingerprint density at radius 3 is 2.61 bits per heavy atom. The third kappa shape index (κ3) is 5.13. The Hall–Kier alpha value is -2.81. The first kappa shape index (κ1) is 19.9. The minimum absolute atomic E-state index is 0.134. The van der Waals surface area contributed by atoms with Crippen LogP contribution in [-0.2, 0) is 19.9 Å². The van der Waals surface area contributed by atoms with Crippen molar-refractivity contribution in [3.8, 4) is 17.6 Å². The van der Waals surface area contributed by atoms with Crippen molar-refractivity contribution in [1.82, 2.24) is 0 Å². The van der Waals surface area contributed by atoms with E-state index in [1.807, 2.05) is 42.5 Å². The number of rotatable bonds is 5. The van der Waals surface area contributed by atoms with Gasteiger partial charge in [0.2, 0.25) is 5.91 Å².